The van der Waals surface area contributed by atoms with Crippen molar-refractivity contribution in [1.82, 2.24) is 5.43 Å². The summed E-state index contributed by atoms with van der Waals surface area (Å²) in [6.07, 6.45) is 1.92. The van der Waals surface area contributed by atoms with Crippen molar-refractivity contribution in [2.75, 3.05) is 6.26 Å². The van der Waals surface area contributed by atoms with E-state index in [0.29, 0.717) is 10.9 Å². The Kier molecular flexibility index (Phi) is 6.43. The second-order valence-electron chi connectivity index (χ2n) is 4.60. The average molecular weight is 330 g/mol. The molecule has 0 saturated carbocycles. The molecule has 114 valence electrons. The highest BCUT2D eigenvalue weighted by Gasteiger charge is 2.00. The fourth-order valence-electron chi connectivity index (χ4n) is 1.77. The lowest BCUT2D eigenvalue weighted by Gasteiger charge is -2.07. The van der Waals surface area contributed by atoms with Gasteiger partial charge in [0.25, 0.3) is 0 Å². The molecule has 0 saturated heterocycles. The minimum atomic E-state index is 0.566. The zero-order chi connectivity index (χ0) is 15.8. The van der Waals surface area contributed by atoms with Crippen molar-refractivity contribution in [3.05, 3.63) is 65.7 Å². The Balaban J connectivity index is 1.93. The quantitative estimate of drug-likeness (QED) is 0.505. The third kappa shape index (κ3) is 5.16. The van der Waals surface area contributed by atoms with Gasteiger partial charge in [-0.2, -0.15) is 5.10 Å². The molecule has 2 aromatic rings. The van der Waals surface area contributed by atoms with Crippen LogP contribution in [0.3, 0.4) is 0 Å². The van der Waals surface area contributed by atoms with E-state index in [1.54, 1.807) is 0 Å². The summed E-state index contributed by atoms with van der Waals surface area (Å²) in [7, 11) is 0. The summed E-state index contributed by atoms with van der Waals surface area (Å²) in [5.74, 6) is 0.841. The minimum Gasteiger partial charge on any atom is -0.489 e. The van der Waals surface area contributed by atoms with Gasteiger partial charge in [0.15, 0.2) is 4.32 Å². The normalized spacial score (nSPS) is 11.1. The van der Waals surface area contributed by atoms with Crippen molar-refractivity contribution in [2.24, 2.45) is 5.10 Å². The molecular formula is C17H18N2OS2. The Morgan fingerprint density at radius 3 is 2.45 bits per heavy atom. The lowest BCUT2D eigenvalue weighted by atomic mass is 10.1. The van der Waals surface area contributed by atoms with Crippen LogP contribution in [-0.2, 0) is 6.61 Å². The topological polar surface area (TPSA) is 33.6 Å². The minimum absolute atomic E-state index is 0.566. The molecule has 2 aromatic carbocycles. The van der Waals surface area contributed by atoms with Crippen molar-refractivity contribution in [1.29, 1.82) is 0 Å². The number of hydrazone groups is 1. The summed E-state index contributed by atoms with van der Waals surface area (Å²) in [5.41, 5.74) is 5.91. The summed E-state index contributed by atoms with van der Waals surface area (Å²) in [4.78, 5) is 0. The number of benzene rings is 2. The van der Waals surface area contributed by atoms with Gasteiger partial charge < -0.3 is 4.74 Å². The van der Waals surface area contributed by atoms with Crippen molar-refractivity contribution in [3.8, 4) is 5.75 Å². The third-order valence-electron chi connectivity index (χ3n) is 3.02. The van der Waals surface area contributed by atoms with Gasteiger partial charge in [-0.05, 0) is 48.6 Å². The van der Waals surface area contributed by atoms with E-state index in [4.69, 9.17) is 17.0 Å². The highest BCUT2D eigenvalue weighted by Crippen LogP contribution is 2.14. The highest BCUT2D eigenvalue weighted by molar-refractivity contribution is 8.22. The molecule has 0 aromatic heterocycles. The van der Waals surface area contributed by atoms with Crippen LogP contribution in [-0.4, -0.2) is 16.3 Å². The first-order chi connectivity index (χ1) is 10.7. The van der Waals surface area contributed by atoms with Gasteiger partial charge in [0.2, 0.25) is 0 Å². The van der Waals surface area contributed by atoms with Crippen LogP contribution in [0.5, 0.6) is 5.75 Å². The van der Waals surface area contributed by atoms with Gasteiger partial charge in [0.05, 0.1) is 5.71 Å². The number of hydrogen-bond acceptors (Lipinski definition) is 4. The van der Waals surface area contributed by atoms with Crippen LogP contribution in [0.4, 0.5) is 0 Å². The smallest absolute Gasteiger partial charge is 0.153 e. The fraction of sp³-hybridized carbons (Fsp3) is 0.176. The number of rotatable bonds is 5. The number of ether oxygens (including phenoxy) is 1. The molecule has 0 amide bonds. The molecule has 0 spiro atoms. The third-order valence-corrected chi connectivity index (χ3v) is 4.07. The Labute approximate surface area is 140 Å². The maximum absolute atomic E-state index is 5.76. The predicted octanol–water partition coefficient (Wildman–Crippen LogP) is 4.23. The number of hydrogen-bond donors (Lipinski definition) is 1. The maximum Gasteiger partial charge on any atom is 0.153 e. The number of nitrogens with one attached hydrogen (secondary N) is 1. The highest BCUT2D eigenvalue weighted by atomic mass is 32.2. The van der Waals surface area contributed by atoms with Gasteiger partial charge in [-0.15, -0.1) is 0 Å². The van der Waals surface area contributed by atoms with Crippen LogP contribution in [0.1, 0.15) is 18.1 Å². The van der Waals surface area contributed by atoms with Gasteiger partial charge in [0.1, 0.15) is 12.4 Å². The Hall–Kier alpha value is -1.85. The van der Waals surface area contributed by atoms with E-state index in [2.05, 4.69) is 10.5 Å². The summed E-state index contributed by atoms with van der Waals surface area (Å²) >= 11 is 6.51. The van der Waals surface area contributed by atoms with Crippen molar-refractivity contribution >= 4 is 34.0 Å². The molecule has 0 bridgehead atoms. The molecule has 3 nitrogen and oxygen atoms in total. The standard InChI is InChI=1S/C17H18N2OS2/c1-13(18-19-17(21)22-2)15-8-10-16(11-9-15)20-12-14-6-4-3-5-7-14/h3-11H,12H2,1-2H3,(H,19,21)/b18-13-. The van der Waals surface area contributed by atoms with Gasteiger partial charge in [-0.3, -0.25) is 5.43 Å². The first-order valence-corrected chi connectivity index (χ1v) is 8.48. The number of nitrogens with zero attached hydrogens (tertiary/aromatic N) is 1. The SMILES string of the molecule is CSC(=S)N/N=C(/C)c1ccc(OCc2ccccc2)cc1. The molecule has 1 N–H and O–H groups in total. The zero-order valence-corrected chi connectivity index (χ0v) is 14.2. The van der Waals surface area contributed by atoms with Crippen LogP contribution < -0.4 is 10.2 Å². The molecular weight excluding hydrogens is 312 g/mol. The molecule has 0 heterocycles. The molecule has 0 fully saturated rings. The first-order valence-electron chi connectivity index (χ1n) is 6.84. The summed E-state index contributed by atoms with van der Waals surface area (Å²) < 4.78 is 6.42. The molecule has 22 heavy (non-hydrogen) atoms. The molecule has 0 unspecified atom stereocenters. The fourth-order valence-corrected chi connectivity index (χ4v) is 1.96. The van der Waals surface area contributed by atoms with E-state index in [1.807, 2.05) is 67.8 Å². The molecule has 5 heteroatoms. The zero-order valence-electron chi connectivity index (χ0n) is 12.6. The van der Waals surface area contributed by atoms with Crippen LogP contribution in [0, 0.1) is 0 Å². The summed E-state index contributed by atoms with van der Waals surface area (Å²) in [6, 6.07) is 18.0. The second-order valence-corrected chi connectivity index (χ2v) is 6.08. The van der Waals surface area contributed by atoms with Gasteiger partial charge >= 0.3 is 0 Å². The van der Waals surface area contributed by atoms with E-state index >= 15 is 0 Å². The molecule has 0 aliphatic rings. The Bertz CT molecular complexity index is 639. The van der Waals surface area contributed by atoms with Gasteiger partial charge in [-0.1, -0.05) is 54.3 Å². The first kappa shape index (κ1) is 16.5. The molecule has 0 atom stereocenters. The predicted molar refractivity (Wildman–Crippen MR) is 98.7 cm³/mol. The van der Waals surface area contributed by atoms with Crippen molar-refractivity contribution < 1.29 is 4.74 Å². The summed E-state index contributed by atoms with van der Waals surface area (Å²) in [5, 5.41) is 4.25. The largest absolute Gasteiger partial charge is 0.489 e. The monoisotopic (exact) mass is 330 g/mol. The average Bonchev–Trinajstić information content (AvgIpc) is 2.59. The van der Waals surface area contributed by atoms with Crippen LogP contribution in [0.2, 0.25) is 0 Å². The van der Waals surface area contributed by atoms with Crippen molar-refractivity contribution in [3.63, 3.8) is 0 Å². The number of thioether (sulfide) groups is 1. The van der Waals surface area contributed by atoms with Crippen molar-refractivity contribution in [2.45, 2.75) is 13.5 Å². The maximum atomic E-state index is 5.76. The van der Waals surface area contributed by atoms with Crippen LogP contribution in [0.25, 0.3) is 0 Å². The summed E-state index contributed by atoms with van der Waals surface area (Å²) in [6.45, 7) is 2.51. The Morgan fingerprint density at radius 2 is 1.82 bits per heavy atom. The lowest BCUT2D eigenvalue weighted by molar-refractivity contribution is 0.306. The van der Waals surface area contributed by atoms with E-state index in [1.165, 1.54) is 11.8 Å². The van der Waals surface area contributed by atoms with E-state index in [9.17, 15) is 0 Å². The van der Waals surface area contributed by atoms with Gasteiger partial charge in [0, 0.05) is 0 Å². The molecule has 2 rings (SSSR count). The molecule has 0 aliphatic heterocycles. The second kappa shape index (κ2) is 8.56. The van der Waals surface area contributed by atoms with Crippen LogP contribution >= 0.6 is 24.0 Å². The van der Waals surface area contributed by atoms with E-state index < -0.39 is 0 Å². The van der Waals surface area contributed by atoms with Crippen LogP contribution in [0.15, 0.2) is 59.7 Å². The molecule has 0 aliphatic carbocycles. The van der Waals surface area contributed by atoms with E-state index in [-0.39, 0.29) is 0 Å². The van der Waals surface area contributed by atoms with E-state index in [0.717, 1.165) is 22.6 Å². The lowest BCUT2D eigenvalue weighted by Crippen LogP contribution is -2.13. The number of thiocarbonyl (C=S) groups is 1. The van der Waals surface area contributed by atoms with Gasteiger partial charge in [-0.25, -0.2) is 0 Å². The Morgan fingerprint density at radius 1 is 1.14 bits per heavy atom. The molecule has 0 radical (unpaired) electrons.